The standard InChI is InChI=1S/C27H35NO5S/c1-5-31-24(29)27(15-18-28(19-16-27)25(30)33-26(2,3)4)17-20-34-23-13-11-22(12-14-23)32-21-9-7-6-8-10-21/h6-14H,5,15-20H2,1-4H3. The highest BCUT2D eigenvalue weighted by molar-refractivity contribution is 7.99. The van der Waals surface area contributed by atoms with Gasteiger partial charge in [0.1, 0.15) is 17.1 Å². The van der Waals surface area contributed by atoms with Crippen molar-refractivity contribution >= 4 is 23.8 Å². The van der Waals surface area contributed by atoms with Crippen molar-refractivity contribution in [2.75, 3.05) is 25.4 Å². The van der Waals surface area contributed by atoms with Gasteiger partial charge in [0.25, 0.3) is 0 Å². The van der Waals surface area contributed by atoms with Crippen LogP contribution in [0.1, 0.15) is 47.0 Å². The zero-order chi connectivity index (χ0) is 24.6. The maximum atomic E-state index is 12.9. The summed E-state index contributed by atoms with van der Waals surface area (Å²) in [6.45, 7) is 8.73. The van der Waals surface area contributed by atoms with Crippen molar-refractivity contribution in [1.82, 2.24) is 4.90 Å². The molecule has 0 spiro atoms. The Labute approximate surface area is 207 Å². The largest absolute Gasteiger partial charge is 0.466 e. The first-order valence-electron chi connectivity index (χ1n) is 11.8. The van der Waals surface area contributed by atoms with Crippen LogP contribution in [0.4, 0.5) is 4.79 Å². The molecule has 0 radical (unpaired) electrons. The number of carbonyl (C=O) groups is 2. The number of benzene rings is 2. The summed E-state index contributed by atoms with van der Waals surface area (Å²) in [7, 11) is 0. The van der Waals surface area contributed by atoms with Gasteiger partial charge in [0.2, 0.25) is 0 Å². The summed E-state index contributed by atoms with van der Waals surface area (Å²) in [6.07, 6.45) is 1.53. The molecule has 1 amide bonds. The number of nitrogens with zero attached hydrogens (tertiary/aromatic N) is 1. The lowest BCUT2D eigenvalue weighted by Crippen LogP contribution is -2.48. The van der Waals surface area contributed by atoms with Crippen molar-refractivity contribution in [3.8, 4) is 11.5 Å². The SMILES string of the molecule is CCOC(=O)C1(CCSc2ccc(Oc3ccccc3)cc2)CCN(C(=O)OC(C)(C)C)CC1. The molecule has 0 bridgehead atoms. The first-order chi connectivity index (χ1) is 16.2. The summed E-state index contributed by atoms with van der Waals surface area (Å²) in [5.74, 6) is 2.21. The number of carbonyl (C=O) groups excluding carboxylic acids is 2. The van der Waals surface area contributed by atoms with Crippen LogP contribution in [0.5, 0.6) is 11.5 Å². The molecule has 34 heavy (non-hydrogen) atoms. The van der Waals surface area contributed by atoms with Gasteiger partial charge in [-0.2, -0.15) is 0 Å². The molecule has 0 atom stereocenters. The smallest absolute Gasteiger partial charge is 0.410 e. The lowest BCUT2D eigenvalue weighted by molar-refractivity contribution is -0.158. The Bertz CT molecular complexity index is 932. The number of amides is 1. The number of likely N-dealkylation sites (tertiary alicyclic amines) is 1. The quantitative estimate of drug-likeness (QED) is 0.312. The van der Waals surface area contributed by atoms with Crippen molar-refractivity contribution < 1.29 is 23.8 Å². The Hall–Kier alpha value is -2.67. The lowest BCUT2D eigenvalue weighted by atomic mass is 9.76. The Morgan fingerprint density at radius 2 is 1.59 bits per heavy atom. The van der Waals surface area contributed by atoms with Crippen molar-refractivity contribution in [2.45, 2.75) is 57.5 Å². The maximum absolute atomic E-state index is 12.9. The van der Waals surface area contributed by atoms with E-state index in [1.165, 1.54) is 0 Å². The molecule has 0 saturated carbocycles. The summed E-state index contributed by atoms with van der Waals surface area (Å²) in [5.41, 5.74) is -1.11. The predicted octanol–water partition coefficient (Wildman–Crippen LogP) is 6.54. The van der Waals surface area contributed by atoms with Crippen LogP contribution in [0, 0.1) is 5.41 Å². The number of hydrogen-bond acceptors (Lipinski definition) is 6. The normalized spacial score (nSPS) is 15.5. The highest BCUT2D eigenvalue weighted by Gasteiger charge is 2.43. The van der Waals surface area contributed by atoms with E-state index in [9.17, 15) is 9.59 Å². The summed E-state index contributed by atoms with van der Waals surface area (Å²) in [4.78, 5) is 28.2. The number of hydrogen-bond donors (Lipinski definition) is 0. The van der Waals surface area contributed by atoms with Crippen LogP contribution < -0.4 is 4.74 Å². The van der Waals surface area contributed by atoms with Gasteiger partial charge in [-0.15, -0.1) is 11.8 Å². The van der Waals surface area contributed by atoms with E-state index >= 15 is 0 Å². The molecule has 7 heteroatoms. The first-order valence-corrected chi connectivity index (χ1v) is 12.8. The van der Waals surface area contributed by atoms with E-state index in [0.29, 0.717) is 39.0 Å². The van der Waals surface area contributed by atoms with Crippen LogP contribution in [0.3, 0.4) is 0 Å². The Morgan fingerprint density at radius 1 is 0.971 bits per heavy atom. The van der Waals surface area contributed by atoms with Crippen LogP contribution in [-0.2, 0) is 14.3 Å². The minimum atomic E-state index is -0.572. The molecular formula is C27H35NO5S. The summed E-state index contributed by atoms with van der Waals surface area (Å²) < 4.78 is 16.8. The fourth-order valence-corrected chi connectivity index (χ4v) is 4.93. The number of esters is 1. The van der Waals surface area contributed by atoms with Crippen LogP contribution in [0.2, 0.25) is 0 Å². The molecule has 1 aliphatic heterocycles. The van der Waals surface area contributed by atoms with Crippen LogP contribution in [0.25, 0.3) is 0 Å². The molecule has 1 aliphatic rings. The van der Waals surface area contributed by atoms with Crippen LogP contribution in [0.15, 0.2) is 59.5 Å². The highest BCUT2D eigenvalue weighted by Crippen LogP contribution is 2.39. The van der Waals surface area contributed by atoms with E-state index in [-0.39, 0.29) is 12.1 Å². The molecule has 0 N–H and O–H groups in total. The zero-order valence-electron chi connectivity index (χ0n) is 20.5. The van der Waals surface area contributed by atoms with Gasteiger partial charge in [-0.3, -0.25) is 4.79 Å². The number of piperidine rings is 1. The summed E-state index contributed by atoms with van der Waals surface area (Å²) >= 11 is 1.71. The number of para-hydroxylation sites is 1. The zero-order valence-corrected chi connectivity index (χ0v) is 21.4. The fraction of sp³-hybridized carbons (Fsp3) is 0.481. The summed E-state index contributed by atoms with van der Waals surface area (Å²) in [5, 5.41) is 0. The molecule has 1 heterocycles. The van der Waals surface area contributed by atoms with Crippen LogP contribution >= 0.6 is 11.8 Å². The number of rotatable bonds is 8. The van der Waals surface area contributed by atoms with Crippen molar-refractivity contribution in [3.05, 3.63) is 54.6 Å². The van der Waals surface area contributed by atoms with Crippen molar-refractivity contribution in [3.63, 3.8) is 0 Å². The van der Waals surface area contributed by atoms with E-state index < -0.39 is 11.0 Å². The maximum Gasteiger partial charge on any atom is 0.410 e. The second-order valence-electron chi connectivity index (χ2n) is 9.45. The molecule has 3 rings (SSSR count). The molecule has 184 valence electrons. The second kappa shape index (κ2) is 11.6. The number of thioether (sulfide) groups is 1. The van der Waals surface area contributed by atoms with E-state index in [1.54, 1.807) is 16.7 Å². The lowest BCUT2D eigenvalue weighted by Gasteiger charge is -2.40. The molecular weight excluding hydrogens is 450 g/mol. The first kappa shape index (κ1) is 25.9. The second-order valence-corrected chi connectivity index (χ2v) is 10.6. The van der Waals surface area contributed by atoms with E-state index in [0.717, 1.165) is 22.1 Å². The number of ether oxygens (including phenoxy) is 3. The highest BCUT2D eigenvalue weighted by atomic mass is 32.2. The summed E-state index contributed by atoms with van der Waals surface area (Å²) in [6, 6.07) is 17.7. The minimum absolute atomic E-state index is 0.161. The molecule has 6 nitrogen and oxygen atoms in total. The van der Waals surface area contributed by atoms with E-state index in [2.05, 4.69) is 0 Å². The van der Waals surface area contributed by atoms with Gasteiger partial charge < -0.3 is 19.1 Å². The molecule has 2 aromatic rings. The Morgan fingerprint density at radius 3 is 2.18 bits per heavy atom. The molecule has 1 fully saturated rings. The van der Waals surface area contributed by atoms with Crippen molar-refractivity contribution in [2.24, 2.45) is 5.41 Å². The van der Waals surface area contributed by atoms with E-state index in [1.807, 2.05) is 82.3 Å². The van der Waals surface area contributed by atoms with Gasteiger partial charge in [-0.1, -0.05) is 18.2 Å². The Balaban J connectivity index is 1.55. The fourth-order valence-electron chi connectivity index (χ4n) is 3.88. The molecule has 0 aromatic heterocycles. The molecule has 0 unspecified atom stereocenters. The van der Waals surface area contributed by atoms with E-state index in [4.69, 9.17) is 14.2 Å². The third-order valence-electron chi connectivity index (χ3n) is 5.73. The van der Waals surface area contributed by atoms with Gasteiger partial charge in [0.15, 0.2) is 0 Å². The van der Waals surface area contributed by atoms with Gasteiger partial charge in [0, 0.05) is 18.0 Å². The topological polar surface area (TPSA) is 65.1 Å². The van der Waals surface area contributed by atoms with Crippen LogP contribution in [-0.4, -0.2) is 48.0 Å². The van der Waals surface area contributed by atoms with Gasteiger partial charge >= 0.3 is 12.1 Å². The third-order valence-corrected chi connectivity index (χ3v) is 6.75. The van der Waals surface area contributed by atoms with Gasteiger partial charge in [-0.25, -0.2) is 4.79 Å². The van der Waals surface area contributed by atoms with Gasteiger partial charge in [0.05, 0.1) is 12.0 Å². The average Bonchev–Trinajstić information content (AvgIpc) is 2.80. The Kier molecular flexibility index (Phi) is 8.89. The average molecular weight is 486 g/mol. The molecule has 1 saturated heterocycles. The minimum Gasteiger partial charge on any atom is -0.466 e. The monoisotopic (exact) mass is 485 g/mol. The van der Waals surface area contributed by atoms with Crippen molar-refractivity contribution in [1.29, 1.82) is 0 Å². The predicted molar refractivity (Wildman–Crippen MR) is 134 cm³/mol. The molecule has 0 aliphatic carbocycles. The third kappa shape index (κ3) is 7.42. The van der Waals surface area contributed by atoms with Gasteiger partial charge in [-0.05, 0) is 89.1 Å². The molecule has 2 aromatic carbocycles.